The quantitative estimate of drug-likeness (QED) is 0.392. The van der Waals surface area contributed by atoms with E-state index in [0.717, 1.165) is 55.8 Å². The van der Waals surface area contributed by atoms with E-state index < -0.39 is 22.0 Å². The van der Waals surface area contributed by atoms with Gasteiger partial charge in [-0.15, -0.1) is 0 Å². The molecule has 196 valence electrons. The van der Waals surface area contributed by atoms with Gasteiger partial charge in [-0.25, -0.2) is 19.0 Å². The van der Waals surface area contributed by atoms with Crippen LogP contribution in [0, 0.1) is 0 Å². The fraction of sp³-hybridized carbons (Fsp3) is 0.560. The lowest BCUT2D eigenvalue weighted by molar-refractivity contribution is 0.122. The summed E-state index contributed by atoms with van der Waals surface area (Å²) in [4.78, 5) is 24.1. The molecule has 4 rings (SSSR count). The summed E-state index contributed by atoms with van der Waals surface area (Å²) in [5.74, 6) is 1.54. The second kappa shape index (κ2) is 11.2. The van der Waals surface area contributed by atoms with E-state index in [0.29, 0.717) is 31.3 Å². The Labute approximate surface area is 214 Å². The number of carbonyl (C=O) groups excluding carboxylic acids is 1. The molecule has 1 atom stereocenters. The van der Waals surface area contributed by atoms with Crippen LogP contribution in [0.15, 0.2) is 30.3 Å². The lowest BCUT2D eigenvalue weighted by Gasteiger charge is -2.31. The van der Waals surface area contributed by atoms with Crippen molar-refractivity contribution in [3.8, 4) is 11.4 Å². The number of urea groups is 1. The number of hydrogen-bond acceptors (Lipinski definition) is 7. The molecule has 1 saturated heterocycles. The third-order valence-electron chi connectivity index (χ3n) is 6.66. The van der Waals surface area contributed by atoms with Crippen LogP contribution in [0.4, 0.5) is 16.3 Å². The van der Waals surface area contributed by atoms with Crippen molar-refractivity contribution in [3.63, 3.8) is 0 Å². The van der Waals surface area contributed by atoms with E-state index in [1.165, 1.54) is 0 Å². The van der Waals surface area contributed by atoms with Crippen LogP contribution in [0.1, 0.15) is 45.2 Å². The zero-order valence-corrected chi connectivity index (χ0v) is 21.8. The van der Waals surface area contributed by atoms with Gasteiger partial charge in [0.25, 0.3) is 0 Å². The van der Waals surface area contributed by atoms with Gasteiger partial charge in [-0.1, -0.05) is 12.8 Å². The summed E-state index contributed by atoms with van der Waals surface area (Å²) in [5, 5.41) is 5.57. The van der Waals surface area contributed by atoms with Gasteiger partial charge in [0.2, 0.25) is 0 Å². The van der Waals surface area contributed by atoms with E-state index in [1.54, 1.807) is 12.1 Å². The van der Waals surface area contributed by atoms with Crippen molar-refractivity contribution >= 4 is 28.6 Å². The molecule has 1 unspecified atom stereocenters. The third kappa shape index (κ3) is 6.78. The molecule has 10 nitrogen and oxygen atoms in total. The Kier molecular flexibility index (Phi) is 8.23. The highest BCUT2D eigenvalue weighted by atomic mass is 32.2. The van der Waals surface area contributed by atoms with Crippen LogP contribution in [-0.4, -0.2) is 68.9 Å². The summed E-state index contributed by atoms with van der Waals surface area (Å²) in [6.07, 6.45) is 3.67. The molecule has 1 saturated carbocycles. The Hall–Kier alpha value is -2.60. The Bertz CT molecular complexity index is 1080. The van der Waals surface area contributed by atoms with Crippen LogP contribution in [0.5, 0.6) is 0 Å². The Morgan fingerprint density at radius 1 is 1.19 bits per heavy atom. The van der Waals surface area contributed by atoms with Crippen molar-refractivity contribution in [3.05, 3.63) is 36.0 Å². The molecule has 1 aromatic heterocycles. The molecule has 11 heteroatoms. The minimum absolute atomic E-state index is 0.170. The van der Waals surface area contributed by atoms with Crippen molar-refractivity contribution in [2.24, 2.45) is 5.73 Å². The molecule has 0 spiro atoms. The molecule has 2 aliphatic rings. The highest BCUT2D eigenvalue weighted by molar-refractivity contribution is 7.79. The number of rotatable bonds is 8. The molecule has 1 aromatic carbocycles. The monoisotopic (exact) mass is 516 g/mol. The van der Waals surface area contributed by atoms with Crippen LogP contribution in [0.3, 0.4) is 0 Å². The molecule has 5 N–H and O–H groups in total. The molecule has 1 aliphatic heterocycles. The number of nitrogens with zero attached hydrogens (tertiary/aromatic N) is 3. The van der Waals surface area contributed by atoms with E-state index in [2.05, 4.69) is 15.5 Å². The van der Waals surface area contributed by atoms with E-state index in [9.17, 15) is 13.6 Å². The fourth-order valence-corrected chi connectivity index (χ4v) is 5.65. The minimum Gasteiger partial charge on any atom is -0.378 e. The largest absolute Gasteiger partial charge is 0.378 e. The van der Waals surface area contributed by atoms with Gasteiger partial charge in [0.15, 0.2) is 16.9 Å². The predicted molar refractivity (Wildman–Crippen MR) is 142 cm³/mol. The van der Waals surface area contributed by atoms with Crippen LogP contribution in [0.25, 0.3) is 11.4 Å². The van der Waals surface area contributed by atoms with Crippen molar-refractivity contribution in [2.45, 2.75) is 50.5 Å². The number of amides is 2. The maximum Gasteiger partial charge on any atom is 0.319 e. The first-order valence-electron chi connectivity index (χ1n) is 12.4. The number of hydrogen-bond donors (Lipinski definition) is 4. The van der Waals surface area contributed by atoms with Gasteiger partial charge in [0, 0.05) is 47.9 Å². The number of anilines is 2. The smallest absolute Gasteiger partial charge is 0.319 e. The SMILES string of the molecule is CC(C)(N)CNC(=O)Nc1ccc(-c2nc(N3CCOCC3)cc(C3(CS(=O)O)CCCC3)n2)cc1. The second-order valence-electron chi connectivity index (χ2n) is 10.4. The van der Waals surface area contributed by atoms with Crippen LogP contribution < -0.4 is 21.3 Å². The third-order valence-corrected chi connectivity index (χ3v) is 7.46. The first-order chi connectivity index (χ1) is 17.1. The van der Waals surface area contributed by atoms with E-state index in [1.807, 2.05) is 32.0 Å². The van der Waals surface area contributed by atoms with E-state index >= 15 is 0 Å². The zero-order valence-electron chi connectivity index (χ0n) is 21.0. The molecule has 0 bridgehead atoms. The minimum atomic E-state index is -1.92. The number of aromatic nitrogens is 2. The highest BCUT2D eigenvalue weighted by Crippen LogP contribution is 2.42. The van der Waals surface area contributed by atoms with Crippen LogP contribution in [0.2, 0.25) is 0 Å². The molecular weight excluding hydrogens is 480 g/mol. The van der Waals surface area contributed by atoms with E-state index in [-0.39, 0.29) is 11.8 Å². The topological polar surface area (TPSA) is 143 Å². The first kappa shape index (κ1) is 26.5. The number of morpholine rings is 1. The summed E-state index contributed by atoms with van der Waals surface area (Å²) >= 11 is -1.92. The van der Waals surface area contributed by atoms with Gasteiger partial charge in [-0.2, -0.15) is 0 Å². The predicted octanol–water partition coefficient (Wildman–Crippen LogP) is 2.87. The number of carbonyl (C=O) groups is 1. The number of nitrogens with two attached hydrogens (primary N) is 1. The van der Waals surface area contributed by atoms with Crippen molar-refractivity contribution in [2.75, 3.05) is 48.8 Å². The zero-order chi connectivity index (χ0) is 25.8. The highest BCUT2D eigenvalue weighted by Gasteiger charge is 2.39. The molecule has 2 fully saturated rings. The molecular formula is C25H36N6O4S. The van der Waals surface area contributed by atoms with Crippen LogP contribution >= 0.6 is 0 Å². The van der Waals surface area contributed by atoms with Gasteiger partial charge in [-0.3, -0.25) is 0 Å². The summed E-state index contributed by atoms with van der Waals surface area (Å²) in [6, 6.07) is 9.02. The van der Waals surface area contributed by atoms with E-state index in [4.69, 9.17) is 20.4 Å². The van der Waals surface area contributed by atoms with Crippen molar-refractivity contribution in [1.29, 1.82) is 0 Å². The maximum absolute atomic E-state index is 12.2. The molecule has 1 aliphatic carbocycles. The number of benzene rings is 1. The Morgan fingerprint density at radius 2 is 1.86 bits per heavy atom. The molecule has 0 radical (unpaired) electrons. The lowest BCUT2D eigenvalue weighted by atomic mass is 9.84. The Balaban J connectivity index is 1.62. The second-order valence-corrected chi connectivity index (χ2v) is 11.3. The number of nitrogens with one attached hydrogen (secondary N) is 2. The van der Waals surface area contributed by atoms with Gasteiger partial charge < -0.3 is 30.6 Å². The molecule has 2 aromatic rings. The Morgan fingerprint density at radius 3 is 2.47 bits per heavy atom. The lowest BCUT2D eigenvalue weighted by Crippen LogP contribution is -2.46. The summed E-state index contributed by atoms with van der Waals surface area (Å²) in [7, 11) is 0. The standard InChI is InChI=1S/C25H36N6O4S/c1-24(2,26)16-27-23(32)28-19-7-5-18(6-8-19)22-29-20(25(17-36(33)34)9-3-4-10-25)15-21(30-22)31-11-13-35-14-12-31/h5-8,15H,3-4,9-14,16-17,26H2,1-2H3,(H,33,34)(H2,27,28,32). The number of ether oxygens (including phenoxy) is 1. The van der Waals surface area contributed by atoms with Gasteiger partial charge in [-0.05, 0) is 51.0 Å². The first-order valence-corrected chi connectivity index (χ1v) is 13.7. The molecule has 2 heterocycles. The average Bonchev–Trinajstić information content (AvgIpc) is 3.32. The normalized spacial score (nSPS) is 18.6. The van der Waals surface area contributed by atoms with Gasteiger partial charge in [0.1, 0.15) is 5.82 Å². The van der Waals surface area contributed by atoms with Gasteiger partial charge in [0.05, 0.1) is 24.7 Å². The summed E-state index contributed by atoms with van der Waals surface area (Å²) in [6.45, 7) is 6.75. The van der Waals surface area contributed by atoms with Crippen molar-refractivity contribution < 1.29 is 18.3 Å². The average molecular weight is 517 g/mol. The maximum atomic E-state index is 12.2. The molecule has 2 amide bonds. The fourth-order valence-electron chi connectivity index (χ4n) is 4.74. The van der Waals surface area contributed by atoms with Crippen molar-refractivity contribution in [1.82, 2.24) is 15.3 Å². The van der Waals surface area contributed by atoms with Crippen LogP contribution in [-0.2, 0) is 21.2 Å². The summed E-state index contributed by atoms with van der Waals surface area (Å²) in [5.41, 5.74) is 7.25. The summed E-state index contributed by atoms with van der Waals surface area (Å²) < 4.78 is 27.2. The molecule has 36 heavy (non-hydrogen) atoms. The van der Waals surface area contributed by atoms with Gasteiger partial charge >= 0.3 is 6.03 Å².